The molecular weight excluding hydrogens is 334 g/mol. The SMILES string of the molecule is COc1ccc(CCc2nn(-c3ccccc3Cl)c3c2CCN3)cc1. The molecule has 0 spiro atoms. The van der Waals surface area contributed by atoms with Crippen molar-refractivity contribution in [3.63, 3.8) is 0 Å². The molecule has 2 heterocycles. The average Bonchev–Trinajstić information content (AvgIpc) is 3.24. The van der Waals surface area contributed by atoms with Gasteiger partial charge in [-0.2, -0.15) is 5.10 Å². The second kappa shape index (κ2) is 6.81. The van der Waals surface area contributed by atoms with Crippen molar-refractivity contribution in [2.75, 3.05) is 19.0 Å². The molecule has 0 radical (unpaired) electrons. The topological polar surface area (TPSA) is 39.1 Å². The van der Waals surface area contributed by atoms with Crippen molar-refractivity contribution in [1.82, 2.24) is 9.78 Å². The molecule has 3 aromatic rings. The fourth-order valence-electron chi connectivity index (χ4n) is 3.30. The summed E-state index contributed by atoms with van der Waals surface area (Å²) in [6.07, 6.45) is 2.88. The van der Waals surface area contributed by atoms with Crippen LogP contribution < -0.4 is 10.1 Å². The smallest absolute Gasteiger partial charge is 0.133 e. The molecule has 0 fully saturated rings. The van der Waals surface area contributed by atoms with Crippen molar-refractivity contribution >= 4 is 17.4 Å². The number of hydrogen-bond donors (Lipinski definition) is 1. The van der Waals surface area contributed by atoms with Gasteiger partial charge in [0.1, 0.15) is 11.6 Å². The average molecular weight is 354 g/mol. The van der Waals surface area contributed by atoms with Gasteiger partial charge in [-0.25, -0.2) is 4.68 Å². The fraction of sp³-hybridized carbons (Fsp3) is 0.250. The predicted octanol–water partition coefficient (Wildman–Crippen LogP) is 4.29. The van der Waals surface area contributed by atoms with Crippen LogP contribution in [0.2, 0.25) is 5.02 Å². The van der Waals surface area contributed by atoms with E-state index >= 15 is 0 Å². The predicted molar refractivity (Wildman–Crippen MR) is 101 cm³/mol. The molecule has 1 aliphatic heterocycles. The van der Waals surface area contributed by atoms with Crippen LogP contribution in [-0.4, -0.2) is 23.4 Å². The first-order valence-corrected chi connectivity index (χ1v) is 8.86. The Morgan fingerprint density at radius 3 is 2.68 bits per heavy atom. The van der Waals surface area contributed by atoms with Crippen molar-refractivity contribution in [2.45, 2.75) is 19.3 Å². The van der Waals surface area contributed by atoms with Gasteiger partial charge < -0.3 is 10.1 Å². The van der Waals surface area contributed by atoms with E-state index in [4.69, 9.17) is 21.4 Å². The third kappa shape index (κ3) is 3.10. The molecule has 0 aliphatic carbocycles. The zero-order valence-corrected chi connectivity index (χ0v) is 14.9. The minimum Gasteiger partial charge on any atom is -0.497 e. The van der Waals surface area contributed by atoms with Gasteiger partial charge in [-0.1, -0.05) is 35.9 Å². The van der Waals surface area contributed by atoms with E-state index in [0.717, 1.165) is 48.8 Å². The van der Waals surface area contributed by atoms with E-state index in [1.54, 1.807) is 7.11 Å². The van der Waals surface area contributed by atoms with Crippen molar-refractivity contribution < 1.29 is 4.74 Å². The van der Waals surface area contributed by atoms with Crippen LogP contribution in [0, 0.1) is 0 Å². The molecular formula is C20H20ClN3O. The third-order valence-electron chi connectivity index (χ3n) is 4.62. The Morgan fingerprint density at radius 1 is 1.12 bits per heavy atom. The maximum Gasteiger partial charge on any atom is 0.133 e. The molecule has 0 saturated heterocycles. The summed E-state index contributed by atoms with van der Waals surface area (Å²) in [5, 5.41) is 9.02. The Morgan fingerprint density at radius 2 is 1.92 bits per heavy atom. The number of hydrogen-bond acceptors (Lipinski definition) is 3. The summed E-state index contributed by atoms with van der Waals surface area (Å²) in [5.74, 6) is 1.97. The highest BCUT2D eigenvalue weighted by molar-refractivity contribution is 6.32. The summed E-state index contributed by atoms with van der Waals surface area (Å²) in [5.41, 5.74) is 4.67. The molecule has 0 bridgehead atoms. The number of ether oxygens (including phenoxy) is 1. The lowest BCUT2D eigenvalue weighted by Gasteiger charge is -2.08. The largest absolute Gasteiger partial charge is 0.497 e. The van der Waals surface area contributed by atoms with Gasteiger partial charge in [0.2, 0.25) is 0 Å². The summed E-state index contributed by atoms with van der Waals surface area (Å²) >= 11 is 6.37. The minimum absolute atomic E-state index is 0.711. The molecule has 25 heavy (non-hydrogen) atoms. The van der Waals surface area contributed by atoms with Crippen LogP contribution in [0.15, 0.2) is 48.5 Å². The van der Waals surface area contributed by atoms with Gasteiger partial charge in [-0.15, -0.1) is 0 Å². The van der Waals surface area contributed by atoms with Crippen LogP contribution in [0.3, 0.4) is 0 Å². The molecule has 2 aromatic carbocycles. The van der Waals surface area contributed by atoms with E-state index in [2.05, 4.69) is 17.4 Å². The maximum absolute atomic E-state index is 6.37. The highest BCUT2D eigenvalue weighted by Crippen LogP contribution is 2.31. The second-order valence-corrected chi connectivity index (χ2v) is 6.57. The number of methoxy groups -OCH3 is 1. The first-order valence-electron chi connectivity index (χ1n) is 8.49. The zero-order chi connectivity index (χ0) is 17.2. The first-order chi connectivity index (χ1) is 12.3. The minimum atomic E-state index is 0.711. The highest BCUT2D eigenvalue weighted by Gasteiger charge is 2.23. The van der Waals surface area contributed by atoms with Crippen molar-refractivity contribution in [3.8, 4) is 11.4 Å². The van der Waals surface area contributed by atoms with Crippen LogP contribution in [0.25, 0.3) is 5.69 Å². The maximum atomic E-state index is 6.37. The number of aromatic nitrogens is 2. The summed E-state index contributed by atoms with van der Waals surface area (Å²) in [4.78, 5) is 0. The van der Waals surface area contributed by atoms with Gasteiger partial charge in [0.25, 0.3) is 0 Å². The molecule has 4 nitrogen and oxygen atoms in total. The number of aryl methyl sites for hydroxylation is 2. The number of nitrogens with one attached hydrogen (secondary N) is 1. The van der Waals surface area contributed by atoms with E-state index in [1.807, 2.05) is 41.1 Å². The number of halogens is 1. The number of fused-ring (bicyclic) bond motifs is 1. The number of para-hydroxylation sites is 1. The fourth-order valence-corrected chi connectivity index (χ4v) is 3.52. The van der Waals surface area contributed by atoms with Gasteiger partial charge in [0.05, 0.1) is 23.5 Å². The monoisotopic (exact) mass is 353 g/mol. The van der Waals surface area contributed by atoms with Crippen molar-refractivity contribution in [2.24, 2.45) is 0 Å². The zero-order valence-electron chi connectivity index (χ0n) is 14.1. The number of anilines is 1. The molecule has 1 aromatic heterocycles. The Kier molecular flexibility index (Phi) is 4.36. The molecule has 0 amide bonds. The Labute approximate surface area is 152 Å². The lowest BCUT2D eigenvalue weighted by Crippen LogP contribution is -2.05. The standard InChI is InChI=1S/C20H20ClN3O/c1-25-15-9-6-14(7-10-15)8-11-18-16-12-13-22-20(16)24(23-18)19-5-3-2-4-17(19)21/h2-7,9-10,22H,8,11-13H2,1H3. The molecule has 4 rings (SSSR count). The van der Waals surface area contributed by atoms with Gasteiger partial charge in [0, 0.05) is 12.1 Å². The van der Waals surface area contributed by atoms with E-state index in [-0.39, 0.29) is 0 Å². The molecule has 0 unspecified atom stereocenters. The summed E-state index contributed by atoms with van der Waals surface area (Å²) in [6.45, 7) is 0.952. The van der Waals surface area contributed by atoms with Gasteiger partial charge in [-0.3, -0.25) is 0 Å². The lowest BCUT2D eigenvalue weighted by atomic mass is 10.1. The highest BCUT2D eigenvalue weighted by atomic mass is 35.5. The van der Waals surface area contributed by atoms with Crippen LogP contribution >= 0.6 is 11.6 Å². The quantitative estimate of drug-likeness (QED) is 0.743. The summed E-state index contributed by atoms with van der Waals surface area (Å²) in [6, 6.07) is 16.1. The molecule has 1 aliphatic rings. The van der Waals surface area contributed by atoms with Gasteiger partial charge in [0.15, 0.2) is 0 Å². The van der Waals surface area contributed by atoms with E-state index in [1.165, 1.54) is 11.1 Å². The third-order valence-corrected chi connectivity index (χ3v) is 4.94. The van der Waals surface area contributed by atoms with Gasteiger partial charge >= 0.3 is 0 Å². The Hall–Kier alpha value is -2.46. The first kappa shape index (κ1) is 16.0. The van der Waals surface area contributed by atoms with Crippen LogP contribution in [-0.2, 0) is 19.3 Å². The molecule has 5 heteroatoms. The lowest BCUT2D eigenvalue weighted by molar-refractivity contribution is 0.414. The van der Waals surface area contributed by atoms with E-state index < -0.39 is 0 Å². The Balaban J connectivity index is 1.60. The number of nitrogens with zero attached hydrogens (tertiary/aromatic N) is 2. The van der Waals surface area contributed by atoms with Crippen LogP contribution in [0.1, 0.15) is 16.8 Å². The summed E-state index contributed by atoms with van der Waals surface area (Å²) < 4.78 is 7.17. The summed E-state index contributed by atoms with van der Waals surface area (Å²) in [7, 11) is 1.69. The second-order valence-electron chi connectivity index (χ2n) is 6.16. The normalized spacial score (nSPS) is 12.7. The molecule has 0 atom stereocenters. The van der Waals surface area contributed by atoms with Crippen LogP contribution in [0.5, 0.6) is 5.75 Å². The molecule has 1 N–H and O–H groups in total. The van der Waals surface area contributed by atoms with E-state index in [9.17, 15) is 0 Å². The van der Waals surface area contributed by atoms with Crippen molar-refractivity contribution in [1.29, 1.82) is 0 Å². The molecule has 128 valence electrons. The molecule has 0 saturated carbocycles. The van der Waals surface area contributed by atoms with Crippen LogP contribution in [0.4, 0.5) is 5.82 Å². The van der Waals surface area contributed by atoms with Crippen molar-refractivity contribution in [3.05, 3.63) is 70.4 Å². The van der Waals surface area contributed by atoms with E-state index in [0.29, 0.717) is 5.02 Å². The van der Waals surface area contributed by atoms with Gasteiger partial charge in [-0.05, 0) is 49.1 Å². The number of benzene rings is 2. The Bertz CT molecular complexity index is 886. The number of rotatable bonds is 5.